The van der Waals surface area contributed by atoms with Crippen LogP contribution in [0.1, 0.15) is 12.8 Å². The van der Waals surface area contributed by atoms with Gasteiger partial charge in [-0.25, -0.2) is 4.99 Å². The molecule has 1 aromatic rings. The first-order chi connectivity index (χ1) is 11.5. The van der Waals surface area contributed by atoms with Crippen molar-refractivity contribution >= 4 is 53.1 Å². The van der Waals surface area contributed by atoms with E-state index in [9.17, 15) is 4.79 Å². The van der Waals surface area contributed by atoms with Gasteiger partial charge in [0, 0.05) is 50.0 Å². The lowest BCUT2D eigenvalue weighted by Gasteiger charge is -2.36. The Balaban J connectivity index is 0.00000225. The van der Waals surface area contributed by atoms with Gasteiger partial charge in [-0.2, -0.15) is 0 Å². The third-order valence-corrected chi connectivity index (χ3v) is 4.91. The highest BCUT2D eigenvalue weighted by Gasteiger charge is 2.27. The van der Waals surface area contributed by atoms with Gasteiger partial charge in [0.25, 0.3) is 0 Å². The molecule has 0 aromatic heterocycles. The fourth-order valence-corrected chi connectivity index (χ4v) is 3.00. The number of amides is 1. The van der Waals surface area contributed by atoms with Gasteiger partial charge in [-0.1, -0.05) is 11.6 Å². The average Bonchev–Trinajstić information content (AvgIpc) is 3.44. The number of rotatable bonds is 4. The summed E-state index contributed by atoms with van der Waals surface area (Å²) >= 11 is 5.92. The summed E-state index contributed by atoms with van der Waals surface area (Å²) in [4.78, 5) is 22.6. The van der Waals surface area contributed by atoms with Crippen LogP contribution in [-0.4, -0.2) is 67.5 Å². The zero-order chi connectivity index (χ0) is 17.1. The number of nitrogens with two attached hydrogens (primary N) is 1. The highest BCUT2D eigenvalue weighted by atomic mass is 127. The number of guanidine groups is 1. The molecule has 8 heteroatoms. The second-order valence-corrected chi connectivity index (χ2v) is 6.80. The second kappa shape index (κ2) is 8.93. The molecular formula is C17H25ClIN5O. The Morgan fingerprint density at radius 3 is 2.40 bits per heavy atom. The molecule has 2 fully saturated rings. The van der Waals surface area contributed by atoms with Crippen molar-refractivity contribution in [2.45, 2.75) is 18.9 Å². The van der Waals surface area contributed by atoms with Crippen molar-refractivity contribution in [1.29, 1.82) is 0 Å². The van der Waals surface area contributed by atoms with Crippen LogP contribution < -0.4 is 10.6 Å². The number of carbonyl (C=O) groups is 1. The van der Waals surface area contributed by atoms with Crippen LogP contribution in [0.5, 0.6) is 0 Å². The van der Waals surface area contributed by atoms with Crippen LogP contribution in [0.15, 0.2) is 29.3 Å². The first-order valence-electron chi connectivity index (χ1n) is 8.35. The van der Waals surface area contributed by atoms with Crippen LogP contribution in [-0.2, 0) is 4.79 Å². The van der Waals surface area contributed by atoms with Crippen LogP contribution in [0.2, 0.25) is 5.02 Å². The Labute approximate surface area is 171 Å². The van der Waals surface area contributed by atoms with Gasteiger partial charge in [-0.05, 0) is 37.1 Å². The van der Waals surface area contributed by atoms with E-state index in [1.807, 2.05) is 41.1 Å². The molecule has 1 aromatic carbocycles. The summed E-state index contributed by atoms with van der Waals surface area (Å²) in [6.07, 6.45) is 2.32. The predicted molar refractivity (Wildman–Crippen MR) is 113 cm³/mol. The Morgan fingerprint density at radius 1 is 1.24 bits per heavy atom. The molecule has 1 aliphatic carbocycles. The standard InChI is InChI=1S/C17H24ClN5O.HI/c1-21(14-6-7-14)17(19)20-12-16(24)23-10-8-22(9-11-23)15-4-2-13(18)3-5-15;/h2-5,14H,6-12H2,1H3,(H2,19,20);1H. The van der Waals surface area contributed by atoms with E-state index in [4.69, 9.17) is 17.3 Å². The van der Waals surface area contributed by atoms with E-state index >= 15 is 0 Å². The molecule has 138 valence electrons. The molecule has 6 nitrogen and oxygen atoms in total. The molecule has 1 saturated carbocycles. The van der Waals surface area contributed by atoms with Gasteiger partial charge in [0.15, 0.2) is 5.96 Å². The molecule has 0 radical (unpaired) electrons. The minimum Gasteiger partial charge on any atom is -0.370 e. The second-order valence-electron chi connectivity index (χ2n) is 6.36. The summed E-state index contributed by atoms with van der Waals surface area (Å²) in [5.74, 6) is 0.503. The summed E-state index contributed by atoms with van der Waals surface area (Å²) in [5, 5.41) is 0.735. The Hall–Kier alpha value is -1.22. The van der Waals surface area contributed by atoms with Crippen molar-refractivity contribution in [1.82, 2.24) is 9.80 Å². The molecule has 2 N–H and O–H groups in total. The maximum atomic E-state index is 12.3. The number of halogens is 2. The Bertz CT molecular complexity index is 612. The molecule has 25 heavy (non-hydrogen) atoms. The maximum absolute atomic E-state index is 12.3. The van der Waals surface area contributed by atoms with Gasteiger partial charge < -0.3 is 20.4 Å². The zero-order valence-electron chi connectivity index (χ0n) is 14.4. The van der Waals surface area contributed by atoms with E-state index in [0.717, 1.165) is 36.6 Å². The fourth-order valence-electron chi connectivity index (χ4n) is 2.88. The summed E-state index contributed by atoms with van der Waals surface area (Å²) in [6, 6.07) is 8.31. The highest BCUT2D eigenvalue weighted by molar-refractivity contribution is 14.0. The summed E-state index contributed by atoms with van der Waals surface area (Å²) in [7, 11) is 1.94. The minimum absolute atomic E-state index is 0. The number of carbonyl (C=O) groups excluding carboxylic acids is 1. The van der Waals surface area contributed by atoms with Crippen molar-refractivity contribution in [2.75, 3.05) is 44.7 Å². The Morgan fingerprint density at radius 2 is 1.84 bits per heavy atom. The molecule has 1 saturated heterocycles. The van der Waals surface area contributed by atoms with Crippen LogP contribution in [0.4, 0.5) is 5.69 Å². The Kier molecular flexibility index (Phi) is 7.18. The van der Waals surface area contributed by atoms with Crippen molar-refractivity contribution in [3.05, 3.63) is 29.3 Å². The lowest BCUT2D eigenvalue weighted by Crippen LogP contribution is -2.49. The lowest BCUT2D eigenvalue weighted by molar-refractivity contribution is -0.129. The number of hydrogen-bond donors (Lipinski definition) is 1. The number of aliphatic imine (C=N–C) groups is 1. The predicted octanol–water partition coefficient (Wildman–Crippen LogP) is 2.02. The molecule has 0 bridgehead atoms. The normalized spacial score (nSPS) is 17.9. The van der Waals surface area contributed by atoms with E-state index in [1.54, 1.807) is 0 Å². The molecule has 0 atom stereocenters. The molecule has 2 aliphatic rings. The minimum atomic E-state index is 0. The van der Waals surface area contributed by atoms with Gasteiger partial charge in [-0.15, -0.1) is 24.0 Å². The SMILES string of the molecule is CN(C(N)=NCC(=O)N1CCN(c2ccc(Cl)cc2)CC1)C1CC1.I. The van der Waals surface area contributed by atoms with E-state index in [0.29, 0.717) is 25.1 Å². The third-order valence-electron chi connectivity index (χ3n) is 4.66. The van der Waals surface area contributed by atoms with Crippen molar-refractivity contribution < 1.29 is 4.79 Å². The number of hydrogen-bond acceptors (Lipinski definition) is 3. The van der Waals surface area contributed by atoms with E-state index in [-0.39, 0.29) is 36.4 Å². The molecule has 0 unspecified atom stereocenters. The fraction of sp³-hybridized carbons (Fsp3) is 0.529. The summed E-state index contributed by atoms with van der Waals surface area (Å²) < 4.78 is 0. The summed E-state index contributed by atoms with van der Waals surface area (Å²) in [5.41, 5.74) is 7.07. The van der Waals surface area contributed by atoms with Crippen LogP contribution in [0.3, 0.4) is 0 Å². The molecule has 1 heterocycles. The van der Waals surface area contributed by atoms with Crippen LogP contribution >= 0.6 is 35.6 Å². The molecule has 0 spiro atoms. The maximum Gasteiger partial charge on any atom is 0.244 e. The number of anilines is 1. The van der Waals surface area contributed by atoms with Crippen molar-refractivity contribution in [2.24, 2.45) is 10.7 Å². The molecular weight excluding hydrogens is 453 g/mol. The zero-order valence-corrected chi connectivity index (χ0v) is 17.5. The number of piperazine rings is 1. The van der Waals surface area contributed by atoms with E-state index < -0.39 is 0 Å². The van der Waals surface area contributed by atoms with E-state index in [2.05, 4.69) is 9.89 Å². The molecule has 3 rings (SSSR count). The largest absolute Gasteiger partial charge is 0.370 e. The number of benzene rings is 1. The first-order valence-corrected chi connectivity index (χ1v) is 8.73. The lowest BCUT2D eigenvalue weighted by atomic mass is 10.2. The summed E-state index contributed by atoms with van der Waals surface area (Å²) in [6.45, 7) is 3.16. The van der Waals surface area contributed by atoms with Gasteiger partial charge >= 0.3 is 0 Å². The molecule has 1 amide bonds. The molecule has 1 aliphatic heterocycles. The van der Waals surface area contributed by atoms with Crippen molar-refractivity contribution in [3.8, 4) is 0 Å². The number of nitrogens with zero attached hydrogens (tertiary/aromatic N) is 4. The smallest absolute Gasteiger partial charge is 0.244 e. The van der Waals surface area contributed by atoms with Crippen molar-refractivity contribution in [3.63, 3.8) is 0 Å². The highest BCUT2D eigenvalue weighted by Crippen LogP contribution is 2.24. The topological polar surface area (TPSA) is 65.2 Å². The van der Waals surface area contributed by atoms with Gasteiger partial charge in [0.1, 0.15) is 6.54 Å². The van der Waals surface area contributed by atoms with Gasteiger partial charge in [0.05, 0.1) is 0 Å². The quantitative estimate of drug-likeness (QED) is 0.409. The van der Waals surface area contributed by atoms with Gasteiger partial charge in [-0.3, -0.25) is 4.79 Å². The first kappa shape index (κ1) is 20.1. The van der Waals surface area contributed by atoms with E-state index in [1.165, 1.54) is 0 Å². The van der Waals surface area contributed by atoms with Gasteiger partial charge in [0.2, 0.25) is 5.91 Å². The average molecular weight is 478 g/mol. The van der Waals surface area contributed by atoms with Crippen LogP contribution in [0, 0.1) is 0 Å². The monoisotopic (exact) mass is 477 g/mol. The third kappa shape index (κ3) is 5.37. The van der Waals surface area contributed by atoms with Crippen LogP contribution in [0.25, 0.3) is 0 Å².